The molecule has 0 aliphatic rings. The Labute approximate surface area is 84.3 Å². The van der Waals surface area contributed by atoms with Gasteiger partial charge in [0.2, 0.25) is 0 Å². The Hall–Kier alpha value is -1.51. The van der Waals surface area contributed by atoms with Crippen molar-refractivity contribution < 1.29 is 9.53 Å². The van der Waals surface area contributed by atoms with Crippen LogP contribution in [-0.2, 0) is 16.0 Å². The largest absolute Gasteiger partial charge is 0.469 e. The fourth-order valence-electron chi connectivity index (χ4n) is 1.32. The molecule has 0 N–H and O–H groups in total. The molecule has 3 heteroatoms. The molecule has 0 atom stereocenters. The van der Waals surface area contributed by atoms with Crippen molar-refractivity contribution in [3.8, 4) is 0 Å². The molecule has 0 aliphatic carbocycles. The first kappa shape index (κ1) is 10.6. The number of esters is 1. The normalized spacial score (nSPS) is 9.64. The van der Waals surface area contributed by atoms with Crippen LogP contribution in [-0.4, -0.2) is 27.2 Å². The van der Waals surface area contributed by atoms with Crippen LogP contribution in [0.2, 0.25) is 0 Å². The summed E-state index contributed by atoms with van der Waals surface area (Å²) < 4.78 is 4.63. The SMILES string of the molecule is COC(=O)Cc1ccccc1N(C)C. The van der Waals surface area contributed by atoms with E-state index in [1.54, 1.807) is 0 Å². The van der Waals surface area contributed by atoms with Crippen molar-refractivity contribution in [2.75, 3.05) is 26.1 Å². The van der Waals surface area contributed by atoms with Crippen molar-refractivity contribution in [1.29, 1.82) is 0 Å². The Morgan fingerprint density at radius 3 is 2.57 bits per heavy atom. The third-order valence-corrected chi connectivity index (χ3v) is 2.04. The second-order valence-electron chi connectivity index (χ2n) is 3.28. The molecule has 1 aromatic rings. The molecule has 0 fully saturated rings. The predicted octanol–water partition coefficient (Wildman–Crippen LogP) is 1.47. The molecule has 0 saturated carbocycles. The van der Waals surface area contributed by atoms with E-state index in [1.165, 1.54) is 7.11 Å². The van der Waals surface area contributed by atoms with Crippen LogP contribution in [0.1, 0.15) is 5.56 Å². The number of anilines is 1. The zero-order valence-corrected chi connectivity index (χ0v) is 8.78. The number of rotatable bonds is 3. The molecule has 0 radical (unpaired) electrons. The summed E-state index contributed by atoms with van der Waals surface area (Å²) in [4.78, 5) is 13.1. The maximum absolute atomic E-state index is 11.1. The number of hydrogen-bond donors (Lipinski definition) is 0. The van der Waals surface area contributed by atoms with E-state index in [1.807, 2.05) is 43.3 Å². The van der Waals surface area contributed by atoms with E-state index in [2.05, 4.69) is 4.74 Å². The molecule has 1 rings (SSSR count). The van der Waals surface area contributed by atoms with Crippen molar-refractivity contribution in [2.45, 2.75) is 6.42 Å². The highest BCUT2D eigenvalue weighted by Gasteiger charge is 2.08. The van der Waals surface area contributed by atoms with Gasteiger partial charge in [-0.15, -0.1) is 0 Å². The topological polar surface area (TPSA) is 29.5 Å². The molecular formula is C11H15NO2. The van der Waals surface area contributed by atoms with Crippen molar-refractivity contribution in [1.82, 2.24) is 0 Å². The summed E-state index contributed by atoms with van der Waals surface area (Å²) in [6.07, 6.45) is 0.324. The van der Waals surface area contributed by atoms with E-state index in [0.717, 1.165) is 11.3 Å². The van der Waals surface area contributed by atoms with Gasteiger partial charge in [0, 0.05) is 19.8 Å². The van der Waals surface area contributed by atoms with E-state index in [0.29, 0.717) is 6.42 Å². The molecule has 0 unspecified atom stereocenters. The van der Waals surface area contributed by atoms with E-state index >= 15 is 0 Å². The Morgan fingerprint density at radius 2 is 2.00 bits per heavy atom. The minimum atomic E-state index is -0.209. The third kappa shape index (κ3) is 2.49. The van der Waals surface area contributed by atoms with Gasteiger partial charge in [0.15, 0.2) is 0 Å². The lowest BCUT2D eigenvalue weighted by Gasteiger charge is -2.16. The first-order chi connectivity index (χ1) is 6.65. The van der Waals surface area contributed by atoms with Crippen molar-refractivity contribution >= 4 is 11.7 Å². The Morgan fingerprint density at radius 1 is 1.36 bits per heavy atom. The van der Waals surface area contributed by atoms with Crippen LogP contribution < -0.4 is 4.90 Å². The van der Waals surface area contributed by atoms with E-state index < -0.39 is 0 Å². The number of para-hydroxylation sites is 1. The molecule has 0 spiro atoms. The maximum atomic E-state index is 11.1. The van der Waals surface area contributed by atoms with E-state index in [9.17, 15) is 4.79 Å². The number of benzene rings is 1. The standard InChI is InChI=1S/C11H15NO2/c1-12(2)10-7-5-4-6-9(10)8-11(13)14-3/h4-7H,8H2,1-3H3. The second-order valence-corrected chi connectivity index (χ2v) is 3.28. The minimum absolute atomic E-state index is 0.209. The molecule has 0 aliphatic heterocycles. The van der Waals surface area contributed by atoms with E-state index in [4.69, 9.17) is 0 Å². The number of nitrogens with zero attached hydrogens (tertiary/aromatic N) is 1. The molecule has 0 aromatic heterocycles. The zero-order valence-electron chi connectivity index (χ0n) is 8.78. The highest BCUT2D eigenvalue weighted by molar-refractivity contribution is 5.75. The van der Waals surface area contributed by atoms with E-state index in [-0.39, 0.29) is 5.97 Å². The van der Waals surface area contributed by atoms with Crippen LogP contribution in [0.5, 0.6) is 0 Å². The molecule has 14 heavy (non-hydrogen) atoms. The van der Waals surface area contributed by atoms with Gasteiger partial charge in [0.05, 0.1) is 13.5 Å². The quantitative estimate of drug-likeness (QED) is 0.681. The van der Waals surface area contributed by atoms with Gasteiger partial charge in [0.1, 0.15) is 0 Å². The first-order valence-corrected chi connectivity index (χ1v) is 4.47. The van der Waals surface area contributed by atoms with Crippen LogP contribution in [0.25, 0.3) is 0 Å². The average Bonchev–Trinajstić information content (AvgIpc) is 2.18. The molecular weight excluding hydrogens is 178 g/mol. The monoisotopic (exact) mass is 193 g/mol. The number of ether oxygens (including phenoxy) is 1. The summed E-state index contributed by atoms with van der Waals surface area (Å²) in [7, 11) is 5.31. The summed E-state index contributed by atoms with van der Waals surface area (Å²) in [5, 5.41) is 0. The van der Waals surface area contributed by atoms with Gasteiger partial charge >= 0.3 is 5.97 Å². The highest BCUT2D eigenvalue weighted by Crippen LogP contribution is 2.18. The van der Waals surface area contributed by atoms with Crippen molar-refractivity contribution in [3.05, 3.63) is 29.8 Å². The summed E-state index contributed by atoms with van der Waals surface area (Å²) in [5.74, 6) is -0.209. The average molecular weight is 193 g/mol. The lowest BCUT2D eigenvalue weighted by molar-refractivity contribution is -0.139. The summed E-state index contributed by atoms with van der Waals surface area (Å²) >= 11 is 0. The predicted molar refractivity (Wildman–Crippen MR) is 56.5 cm³/mol. The van der Waals surface area contributed by atoms with Crippen molar-refractivity contribution in [2.24, 2.45) is 0 Å². The number of hydrogen-bond acceptors (Lipinski definition) is 3. The van der Waals surface area contributed by atoms with Gasteiger partial charge in [-0.3, -0.25) is 4.79 Å². The molecule has 3 nitrogen and oxygen atoms in total. The fourth-order valence-corrected chi connectivity index (χ4v) is 1.32. The Balaban J connectivity index is 2.90. The van der Waals surface area contributed by atoms with Crippen molar-refractivity contribution in [3.63, 3.8) is 0 Å². The van der Waals surface area contributed by atoms with Crippen LogP contribution in [0.15, 0.2) is 24.3 Å². The Bertz CT molecular complexity index is 321. The Kier molecular flexibility index (Phi) is 3.51. The molecule has 0 heterocycles. The maximum Gasteiger partial charge on any atom is 0.310 e. The lowest BCUT2D eigenvalue weighted by atomic mass is 10.1. The molecule has 0 amide bonds. The first-order valence-electron chi connectivity index (χ1n) is 4.47. The lowest BCUT2D eigenvalue weighted by Crippen LogP contribution is -2.13. The number of carbonyl (C=O) groups excluding carboxylic acids is 1. The van der Waals surface area contributed by atoms with Gasteiger partial charge < -0.3 is 9.64 Å². The highest BCUT2D eigenvalue weighted by atomic mass is 16.5. The van der Waals surface area contributed by atoms with Gasteiger partial charge in [-0.25, -0.2) is 0 Å². The zero-order chi connectivity index (χ0) is 10.6. The minimum Gasteiger partial charge on any atom is -0.469 e. The van der Waals surface area contributed by atoms with Gasteiger partial charge in [-0.05, 0) is 11.6 Å². The van der Waals surface area contributed by atoms with Crippen LogP contribution >= 0.6 is 0 Å². The van der Waals surface area contributed by atoms with Crippen LogP contribution in [0.4, 0.5) is 5.69 Å². The van der Waals surface area contributed by atoms with Gasteiger partial charge in [0.25, 0.3) is 0 Å². The molecule has 0 saturated heterocycles. The number of carbonyl (C=O) groups is 1. The summed E-state index contributed by atoms with van der Waals surface area (Å²) in [6, 6.07) is 7.80. The third-order valence-electron chi connectivity index (χ3n) is 2.04. The van der Waals surface area contributed by atoms with Crippen LogP contribution in [0, 0.1) is 0 Å². The fraction of sp³-hybridized carbons (Fsp3) is 0.364. The van der Waals surface area contributed by atoms with Gasteiger partial charge in [-0.2, -0.15) is 0 Å². The molecule has 76 valence electrons. The summed E-state index contributed by atoms with van der Waals surface area (Å²) in [6.45, 7) is 0. The summed E-state index contributed by atoms with van der Waals surface area (Å²) in [5.41, 5.74) is 2.04. The smallest absolute Gasteiger partial charge is 0.310 e. The molecule has 1 aromatic carbocycles. The number of methoxy groups -OCH3 is 1. The molecule has 0 bridgehead atoms. The van der Waals surface area contributed by atoms with Gasteiger partial charge in [-0.1, -0.05) is 18.2 Å². The second kappa shape index (κ2) is 4.65. The van der Waals surface area contributed by atoms with Crippen LogP contribution in [0.3, 0.4) is 0 Å².